The van der Waals surface area contributed by atoms with Crippen LogP contribution in [0.3, 0.4) is 0 Å². The van der Waals surface area contributed by atoms with Crippen LogP contribution in [0, 0.1) is 6.92 Å². The number of nitrogens with zero attached hydrogens (tertiary/aromatic N) is 4. The first-order chi connectivity index (χ1) is 22.4. The molecule has 3 aromatic carbocycles. The molecule has 4 aromatic rings. The van der Waals surface area contributed by atoms with Gasteiger partial charge in [0.05, 0.1) is 6.42 Å². The Morgan fingerprint density at radius 1 is 0.848 bits per heavy atom. The average molecular weight is 618 g/mol. The summed E-state index contributed by atoms with van der Waals surface area (Å²) < 4.78 is 1.49. The fourth-order valence-corrected chi connectivity index (χ4v) is 6.74. The molecule has 8 heteroatoms. The summed E-state index contributed by atoms with van der Waals surface area (Å²) in [5.41, 5.74) is 6.75. The highest BCUT2D eigenvalue weighted by Crippen LogP contribution is 2.24. The number of allylic oxidation sites excluding steroid dienone is 1. The molecular formula is C38H45N6O2+. The van der Waals surface area contributed by atoms with E-state index in [4.69, 9.17) is 0 Å². The number of para-hydroxylation sites is 2. The summed E-state index contributed by atoms with van der Waals surface area (Å²) >= 11 is 0. The van der Waals surface area contributed by atoms with E-state index in [9.17, 15) is 9.59 Å². The number of likely N-dealkylation sites (tertiary alicyclic amines) is 1. The number of aromatic nitrogens is 1. The minimum atomic E-state index is -0.149. The quantitative estimate of drug-likeness (QED) is 0.153. The summed E-state index contributed by atoms with van der Waals surface area (Å²) in [4.78, 5) is 37.6. The van der Waals surface area contributed by atoms with E-state index in [1.165, 1.54) is 10.1 Å². The zero-order valence-corrected chi connectivity index (χ0v) is 27.0. The van der Waals surface area contributed by atoms with Crippen molar-refractivity contribution in [2.75, 3.05) is 39.3 Å². The Balaban J connectivity index is 1.13. The van der Waals surface area contributed by atoms with E-state index in [0.717, 1.165) is 66.0 Å². The number of hydrogen-bond donors (Lipinski definition) is 2. The number of piperazine rings is 1. The van der Waals surface area contributed by atoms with E-state index in [1.807, 2.05) is 61.2 Å². The van der Waals surface area contributed by atoms with Crippen molar-refractivity contribution in [2.24, 2.45) is 0 Å². The van der Waals surface area contributed by atoms with Crippen molar-refractivity contribution in [1.29, 1.82) is 0 Å². The summed E-state index contributed by atoms with van der Waals surface area (Å²) in [6.07, 6.45) is 2.29. The number of carbonyl (C=O) groups excluding carboxylic acids is 2. The number of fused-ring (bicyclic) bond motifs is 1. The Morgan fingerprint density at radius 3 is 2.15 bits per heavy atom. The van der Waals surface area contributed by atoms with Gasteiger partial charge < -0.3 is 20.1 Å². The summed E-state index contributed by atoms with van der Waals surface area (Å²) in [5.74, 6) is -0.0115. The first-order valence-electron chi connectivity index (χ1n) is 16.4. The van der Waals surface area contributed by atoms with E-state index in [1.54, 1.807) is 0 Å². The standard InChI is InChI=1S/C38H45N6O2/c1-28-34(33-16-10-11-17-35(33)39-28)26-36(45)44-24-22-43(23-25-44)29(2)37(38(46)41(3)32-14-8-5-9-15-32)40-31-18-20-42(21-19-31)27-30-12-6-4-7-13-30/h4-17,31,39-40H,3,18-27H2,1-2H3/q+1/b37-29-. The van der Waals surface area contributed by atoms with Crippen molar-refractivity contribution in [1.82, 2.24) is 25.0 Å². The van der Waals surface area contributed by atoms with Gasteiger partial charge in [0.15, 0.2) is 5.70 Å². The van der Waals surface area contributed by atoms with Gasteiger partial charge >= 0.3 is 5.91 Å². The van der Waals surface area contributed by atoms with Gasteiger partial charge in [-0.1, -0.05) is 66.7 Å². The molecule has 2 aliphatic heterocycles. The lowest BCUT2D eigenvalue weighted by molar-refractivity contribution is -0.354. The van der Waals surface area contributed by atoms with E-state index < -0.39 is 0 Å². The van der Waals surface area contributed by atoms with Gasteiger partial charge in [-0.15, -0.1) is 4.58 Å². The van der Waals surface area contributed by atoms with Crippen molar-refractivity contribution in [3.63, 3.8) is 0 Å². The molecule has 2 amide bonds. The van der Waals surface area contributed by atoms with Crippen LogP contribution >= 0.6 is 0 Å². The number of aryl methyl sites for hydroxylation is 1. The first-order valence-corrected chi connectivity index (χ1v) is 16.4. The molecule has 0 atom stereocenters. The monoisotopic (exact) mass is 617 g/mol. The van der Waals surface area contributed by atoms with Crippen LogP contribution in [0.15, 0.2) is 96.3 Å². The van der Waals surface area contributed by atoms with Crippen LogP contribution in [-0.4, -0.2) is 88.1 Å². The molecule has 0 spiro atoms. The second-order valence-electron chi connectivity index (χ2n) is 12.5. The van der Waals surface area contributed by atoms with Gasteiger partial charge in [-0.2, -0.15) is 0 Å². The second kappa shape index (κ2) is 14.2. The highest BCUT2D eigenvalue weighted by molar-refractivity contribution is 5.90. The molecule has 0 bridgehead atoms. The third kappa shape index (κ3) is 7.07. The largest absolute Gasteiger partial charge is 0.442 e. The second-order valence-corrected chi connectivity index (χ2v) is 12.5. The van der Waals surface area contributed by atoms with E-state index in [0.29, 0.717) is 38.3 Å². The van der Waals surface area contributed by atoms with Crippen LogP contribution in [0.25, 0.3) is 10.9 Å². The van der Waals surface area contributed by atoms with Gasteiger partial charge in [0, 0.05) is 86.3 Å². The lowest BCUT2D eigenvalue weighted by Crippen LogP contribution is -2.50. The maximum absolute atomic E-state index is 14.0. The predicted octanol–water partition coefficient (Wildman–Crippen LogP) is 5.22. The van der Waals surface area contributed by atoms with Gasteiger partial charge in [0.2, 0.25) is 11.6 Å². The summed E-state index contributed by atoms with van der Waals surface area (Å²) in [6, 6.07) is 28.5. The van der Waals surface area contributed by atoms with Gasteiger partial charge in [-0.3, -0.25) is 9.69 Å². The lowest BCUT2D eigenvalue weighted by atomic mass is 10.0. The zero-order chi connectivity index (χ0) is 32.0. The van der Waals surface area contributed by atoms with Gasteiger partial charge in [-0.25, -0.2) is 4.79 Å². The van der Waals surface area contributed by atoms with Crippen LogP contribution in [0.1, 0.15) is 36.6 Å². The van der Waals surface area contributed by atoms with Crippen LogP contribution in [0.5, 0.6) is 0 Å². The zero-order valence-electron chi connectivity index (χ0n) is 27.0. The molecule has 0 saturated carbocycles. The topological polar surface area (TPSA) is 74.7 Å². The number of benzene rings is 3. The Bertz CT molecular complexity index is 1710. The van der Waals surface area contributed by atoms with Crippen molar-refractivity contribution >= 4 is 35.1 Å². The van der Waals surface area contributed by atoms with Crippen LogP contribution in [0.4, 0.5) is 5.69 Å². The number of piperidine rings is 1. The fraction of sp³-hybridized carbons (Fsp3) is 0.342. The van der Waals surface area contributed by atoms with Gasteiger partial charge in [0.1, 0.15) is 6.72 Å². The fourth-order valence-electron chi connectivity index (χ4n) is 6.74. The van der Waals surface area contributed by atoms with Gasteiger partial charge in [0.25, 0.3) is 0 Å². The molecule has 8 nitrogen and oxygen atoms in total. The molecule has 238 valence electrons. The number of rotatable bonds is 9. The maximum Gasteiger partial charge on any atom is 0.442 e. The summed E-state index contributed by atoms with van der Waals surface area (Å²) in [5, 5.41) is 4.78. The van der Waals surface area contributed by atoms with Crippen molar-refractivity contribution in [3.8, 4) is 0 Å². The number of aromatic amines is 1. The molecule has 3 heterocycles. The third-order valence-corrected chi connectivity index (χ3v) is 9.54. The molecule has 0 radical (unpaired) electrons. The lowest BCUT2D eigenvalue weighted by Gasteiger charge is -2.38. The van der Waals surface area contributed by atoms with E-state index >= 15 is 0 Å². The predicted molar refractivity (Wildman–Crippen MR) is 184 cm³/mol. The maximum atomic E-state index is 14.0. The molecule has 0 aliphatic carbocycles. The summed E-state index contributed by atoms with van der Waals surface area (Å²) in [6.45, 7) is 13.6. The molecule has 2 fully saturated rings. The molecule has 1 aromatic heterocycles. The van der Waals surface area contributed by atoms with E-state index in [-0.39, 0.29) is 17.9 Å². The Morgan fingerprint density at radius 2 is 1.46 bits per heavy atom. The Hall–Kier alpha value is -4.69. The van der Waals surface area contributed by atoms with Crippen LogP contribution < -0.4 is 5.32 Å². The number of nitrogens with one attached hydrogen (secondary N) is 2. The van der Waals surface area contributed by atoms with Crippen LogP contribution in [-0.2, 0) is 22.6 Å². The Kier molecular flexibility index (Phi) is 9.64. The number of H-pyrrole nitrogens is 1. The number of amides is 2. The first kappa shape index (κ1) is 31.3. The third-order valence-electron chi connectivity index (χ3n) is 9.54. The minimum absolute atomic E-state index is 0.138. The molecule has 2 aliphatic rings. The SMILES string of the molecule is C=[N+](C(=O)/C(NC1CCN(Cc2ccccc2)CC1)=C(\C)N1CCN(C(=O)Cc2c(C)[nH]c3ccccc23)CC1)c1ccccc1. The molecule has 0 unspecified atom stereocenters. The van der Waals surface area contributed by atoms with E-state index in [2.05, 4.69) is 69.3 Å². The molecule has 6 rings (SSSR count). The smallest absolute Gasteiger partial charge is 0.372 e. The average Bonchev–Trinajstić information content (AvgIpc) is 3.42. The Labute approximate surface area is 272 Å². The minimum Gasteiger partial charge on any atom is -0.372 e. The molecule has 46 heavy (non-hydrogen) atoms. The number of hydrogen-bond acceptors (Lipinski definition) is 5. The normalized spacial score (nSPS) is 16.7. The van der Waals surface area contributed by atoms with Crippen molar-refractivity contribution < 1.29 is 14.2 Å². The van der Waals surface area contributed by atoms with Crippen LogP contribution in [0.2, 0.25) is 0 Å². The van der Waals surface area contributed by atoms with Crippen molar-refractivity contribution in [2.45, 2.75) is 45.7 Å². The molecular weight excluding hydrogens is 572 g/mol. The highest BCUT2D eigenvalue weighted by atomic mass is 16.2. The van der Waals surface area contributed by atoms with Crippen molar-refractivity contribution in [3.05, 3.63) is 113 Å². The molecule has 2 saturated heterocycles. The molecule has 2 N–H and O–H groups in total. The highest BCUT2D eigenvalue weighted by Gasteiger charge is 2.32. The number of carbonyl (C=O) groups is 2. The van der Waals surface area contributed by atoms with Gasteiger partial charge in [-0.05, 0) is 43.9 Å². The summed E-state index contributed by atoms with van der Waals surface area (Å²) in [7, 11) is 0.